The van der Waals surface area contributed by atoms with Gasteiger partial charge >= 0.3 is 5.97 Å². The average molecular weight is 249 g/mol. The molecule has 0 aliphatic carbocycles. The zero-order chi connectivity index (χ0) is 13.5. The van der Waals surface area contributed by atoms with Crippen LogP contribution in [0.3, 0.4) is 0 Å². The maximum Gasteiger partial charge on any atom is 0.304 e. The van der Waals surface area contributed by atoms with Crippen LogP contribution in [0, 0.1) is 12.8 Å². The Morgan fingerprint density at radius 1 is 1.39 bits per heavy atom. The summed E-state index contributed by atoms with van der Waals surface area (Å²) in [6.45, 7) is 3.88. The van der Waals surface area contributed by atoms with Gasteiger partial charge in [-0.1, -0.05) is 25.5 Å². The molecule has 1 atom stereocenters. The Balaban J connectivity index is 2.69. The number of amides is 1. The minimum absolute atomic E-state index is 0.120. The number of hydrogen-bond acceptors (Lipinski definition) is 2. The van der Waals surface area contributed by atoms with Gasteiger partial charge in [-0.3, -0.25) is 9.59 Å². The third kappa shape index (κ3) is 4.57. The summed E-state index contributed by atoms with van der Waals surface area (Å²) in [5.41, 5.74) is 1.77. The van der Waals surface area contributed by atoms with Crippen LogP contribution in [-0.2, 0) is 9.59 Å². The fourth-order valence-electron chi connectivity index (χ4n) is 1.85. The van der Waals surface area contributed by atoms with Crippen molar-refractivity contribution in [3.63, 3.8) is 0 Å². The lowest BCUT2D eigenvalue weighted by Crippen LogP contribution is -2.25. The van der Waals surface area contributed by atoms with Crippen molar-refractivity contribution in [2.45, 2.75) is 33.1 Å². The minimum Gasteiger partial charge on any atom is -0.481 e. The summed E-state index contributed by atoms with van der Waals surface area (Å²) in [5, 5.41) is 11.6. The van der Waals surface area contributed by atoms with E-state index in [1.54, 1.807) is 6.07 Å². The van der Waals surface area contributed by atoms with Gasteiger partial charge < -0.3 is 10.4 Å². The molecule has 1 aromatic carbocycles. The molecule has 1 amide bonds. The summed E-state index contributed by atoms with van der Waals surface area (Å²) in [7, 11) is 0. The van der Waals surface area contributed by atoms with Crippen molar-refractivity contribution in [1.29, 1.82) is 0 Å². The predicted molar refractivity (Wildman–Crippen MR) is 70.5 cm³/mol. The molecule has 0 bridgehead atoms. The number of carboxylic acids is 1. The number of anilines is 1. The highest BCUT2D eigenvalue weighted by Gasteiger charge is 2.20. The standard InChI is InChI=1S/C14H19NO3/c1-3-5-11(9-13(16)17)14(18)15-12-7-4-6-10(2)8-12/h4,6-8,11H,3,5,9H2,1-2H3,(H,15,18)(H,16,17). The molecule has 98 valence electrons. The zero-order valence-corrected chi connectivity index (χ0v) is 10.8. The van der Waals surface area contributed by atoms with Crippen LogP contribution in [0.1, 0.15) is 31.7 Å². The highest BCUT2D eigenvalue weighted by atomic mass is 16.4. The molecule has 1 aromatic rings. The summed E-state index contributed by atoms with van der Waals surface area (Å²) in [6, 6.07) is 7.46. The topological polar surface area (TPSA) is 66.4 Å². The van der Waals surface area contributed by atoms with Gasteiger partial charge in [-0.25, -0.2) is 0 Å². The van der Waals surface area contributed by atoms with Crippen LogP contribution in [-0.4, -0.2) is 17.0 Å². The molecule has 0 radical (unpaired) electrons. The van der Waals surface area contributed by atoms with Crippen LogP contribution < -0.4 is 5.32 Å². The molecule has 4 nitrogen and oxygen atoms in total. The summed E-state index contributed by atoms with van der Waals surface area (Å²) >= 11 is 0. The minimum atomic E-state index is -0.937. The van der Waals surface area contributed by atoms with Crippen molar-refractivity contribution < 1.29 is 14.7 Å². The molecule has 0 aromatic heterocycles. The summed E-state index contributed by atoms with van der Waals surface area (Å²) < 4.78 is 0. The third-order valence-corrected chi connectivity index (χ3v) is 2.71. The number of aryl methyl sites for hydroxylation is 1. The summed E-state index contributed by atoms with van der Waals surface area (Å²) in [5.74, 6) is -1.62. The number of carbonyl (C=O) groups is 2. The Kier molecular flexibility index (Phi) is 5.36. The number of carbonyl (C=O) groups excluding carboxylic acids is 1. The van der Waals surface area contributed by atoms with E-state index >= 15 is 0 Å². The molecule has 0 spiro atoms. The first-order chi connectivity index (χ1) is 8.52. The highest BCUT2D eigenvalue weighted by Crippen LogP contribution is 2.16. The van der Waals surface area contributed by atoms with Gasteiger partial charge in [0.2, 0.25) is 5.91 Å². The van der Waals surface area contributed by atoms with Crippen molar-refractivity contribution in [3.05, 3.63) is 29.8 Å². The predicted octanol–water partition coefficient (Wildman–Crippen LogP) is 2.82. The molecule has 1 unspecified atom stereocenters. The number of hydrogen-bond donors (Lipinski definition) is 2. The van der Waals surface area contributed by atoms with Gasteiger partial charge in [0.05, 0.1) is 6.42 Å². The van der Waals surface area contributed by atoms with Gasteiger partial charge in [0.25, 0.3) is 0 Å². The van der Waals surface area contributed by atoms with Gasteiger partial charge in [0.1, 0.15) is 0 Å². The molecule has 18 heavy (non-hydrogen) atoms. The van der Waals surface area contributed by atoms with Crippen LogP contribution >= 0.6 is 0 Å². The second kappa shape index (κ2) is 6.79. The number of carboxylic acid groups (broad SMARTS) is 1. The molecule has 0 saturated heterocycles. The van der Waals surface area contributed by atoms with E-state index in [0.717, 1.165) is 12.0 Å². The molecule has 0 saturated carbocycles. The number of aliphatic carboxylic acids is 1. The molecular formula is C14H19NO3. The SMILES string of the molecule is CCCC(CC(=O)O)C(=O)Nc1cccc(C)c1. The third-order valence-electron chi connectivity index (χ3n) is 2.71. The molecular weight excluding hydrogens is 230 g/mol. The van der Waals surface area contributed by atoms with E-state index in [-0.39, 0.29) is 12.3 Å². The van der Waals surface area contributed by atoms with Crippen LogP contribution in [0.25, 0.3) is 0 Å². The number of benzene rings is 1. The largest absolute Gasteiger partial charge is 0.481 e. The maximum atomic E-state index is 12.0. The molecule has 0 fully saturated rings. The van der Waals surface area contributed by atoms with Crippen molar-refractivity contribution >= 4 is 17.6 Å². The van der Waals surface area contributed by atoms with Gasteiger partial charge in [-0.15, -0.1) is 0 Å². The summed E-state index contributed by atoms with van der Waals surface area (Å²) in [4.78, 5) is 22.7. The first-order valence-electron chi connectivity index (χ1n) is 6.12. The quantitative estimate of drug-likeness (QED) is 0.814. The normalized spacial score (nSPS) is 11.9. The monoisotopic (exact) mass is 249 g/mol. The van der Waals surface area contributed by atoms with Crippen molar-refractivity contribution in [3.8, 4) is 0 Å². The number of nitrogens with one attached hydrogen (secondary N) is 1. The second-order valence-electron chi connectivity index (χ2n) is 4.44. The van der Waals surface area contributed by atoms with Crippen molar-refractivity contribution in [2.24, 2.45) is 5.92 Å². The lowest BCUT2D eigenvalue weighted by atomic mass is 9.99. The van der Waals surface area contributed by atoms with E-state index in [1.165, 1.54) is 0 Å². The Morgan fingerprint density at radius 3 is 2.67 bits per heavy atom. The van der Waals surface area contributed by atoms with Crippen molar-refractivity contribution in [2.75, 3.05) is 5.32 Å². The van der Waals surface area contributed by atoms with Crippen LogP contribution in [0.15, 0.2) is 24.3 Å². The molecule has 0 aliphatic heterocycles. The Morgan fingerprint density at radius 2 is 2.11 bits per heavy atom. The average Bonchev–Trinajstić information content (AvgIpc) is 2.27. The maximum absolute atomic E-state index is 12.0. The first-order valence-corrected chi connectivity index (χ1v) is 6.12. The number of rotatable bonds is 6. The molecule has 2 N–H and O–H groups in total. The lowest BCUT2D eigenvalue weighted by Gasteiger charge is -2.14. The van der Waals surface area contributed by atoms with Crippen molar-refractivity contribution in [1.82, 2.24) is 0 Å². The molecule has 0 aliphatic rings. The van der Waals surface area contributed by atoms with E-state index in [1.807, 2.05) is 32.0 Å². The van der Waals surface area contributed by atoms with Gasteiger partial charge in [-0.05, 0) is 31.0 Å². The van der Waals surface area contributed by atoms with Crippen LogP contribution in [0.2, 0.25) is 0 Å². The zero-order valence-electron chi connectivity index (χ0n) is 10.8. The van der Waals surface area contributed by atoms with Crippen LogP contribution in [0.4, 0.5) is 5.69 Å². The van der Waals surface area contributed by atoms with E-state index in [9.17, 15) is 9.59 Å². The highest BCUT2D eigenvalue weighted by molar-refractivity contribution is 5.94. The van der Waals surface area contributed by atoms with Crippen LogP contribution in [0.5, 0.6) is 0 Å². The molecule has 0 heterocycles. The van der Waals surface area contributed by atoms with E-state index in [4.69, 9.17) is 5.11 Å². The molecule has 1 rings (SSSR count). The van der Waals surface area contributed by atoms with E-state index in [0.29, 0.717) is 12.1 Å². The lowest BCUT2D eigenvalue weighted by molar-refractivity contribution is -0.140. The fraction of sp³-hybridized carbons (Fsp3) is 0.429. The van der Waals surface area contributed by atoms with E-state index < -0.39 is 11.9 Å². The van der Waals surface area contributed by atoms with E-state index in [2.05, 4.69) is 5.32 Å². The molecule has 4 heteroatoms. The van der Waals surface area contributed by atoms with Gasteiger partial charge in [-0.2, -0.15) is 0 Å². The Labute approximate surface area is 107 Å². The van der Waals surface area contributed by atoms with Gasteiger partial charge in [0, 0.05) is 11.6 Å². The second-order valence-corrected chi connectivity index (χ2v) is 4.44. The first kappa shape index (κ1) is 14.2. The Hall–Kier alpha value is -1.84. The summed E-state index contributed by atoms with van der Waals surface area (Å²) in [6.07, 6.45) is 1.26. The Bertz CT molecular complexity index is 429. The van der Waals surface area contributed by atoms with Gasteiger partial charge in [0.15, 0.2) is 0 Å². The smallest absolute Gasteiger partial charge is 0.304 e. The fourth-order valence-corrected chi connectivity index (χ4v) is 1.85.